The van der Waals surface area contributed by atoms with Gasteiger partial charge in [-0.15, -0.1) is 0 Å². The van der Waals surface area contributed by atoms with Crippen LogP contribution in [0.25, 0.3) is 0 Å². The molecule has 0 spiro atoms. The molecule has 2 rings (SSSR count). The monoisotopic (exact) mass is 252 g/mol. The predicted octanol–water partition coefficient (Wildman–Crippen LogP) is 3.32. The van der Waals surface area contributed by atoms with Gasteiger partial charge in [0.05, 0.1) is 0 Å². The molecule has 0 fully saturated rings. The third-order valence-electron chi connectivity index (χ3n) is 2.93. The van der Waals surface area contributed by atoms with Gasteiger partial charge < -0.3 is 9.84 Å². The molecule has 2 nitrogen and oxygen atoms in total. The van der Waals surface area contributed by atoms with Crippen molar-refractivity contribution >= 4 is 0 Å². The minimum Gasteiger partial charge on any atom is -0.407 e. The summed E-state index contributed by atoms with van der Waals surface area (Å²) in [4.78, 5) is 0. The highest BCUT2D eigenvalue weighted by molar-refractivity contribution is 5.31. The maximum Gasteiger partial charge on any atom is 0.154 e. The summed E-state index contributed by atoms with van der Waals surface area (Å²) >= 11 is 0. The fraction of sp³-hybridized carbons (Fsp3) is 0.176. The lowest BCUT2D eigenvalue weighted by molar-refractivity contribution is 0.0952. The molecule has 1 atom stereocenters. The molecule has 0 amide bonds. The van der Waals surface area contributed by atoms with E-state index in [0.29, 0.717) is 12.2 Å². The average Bonchev–Trinajstić information content (AvgIpc) is 2.49. The topological polar surface area (TPSA) is 29.5 Å². The highest BCUT2D eigenvalue weighted by atomic mass is 16.5. The first kappa shape index (κ1) is 13.2. The molecular weight excluding hydrogens is 236 g/mol. The van der Waals surface area contributed by atoms with Gasteiger partial charge in [-0.25, -0.2) is 0 Å². The summed E-state index contributed by atoms with van der Waals surface area (Å²) in [5, 5.41) is 10.5. The molecule has 1 N–H and O–H groups in total. The van der Waals surface area contributed by atoms with Gasteiger partial charge in [0.25, 0.3) is 0 Å². The van der Waals surface area contributed by atoms with Crippen molar-refractivity contribution in [2.24, 2.45) is 0 Å². The van der Waals surface area contributed by atoms with Gasteiger partial charge in [-0.3, -0.25) is 0 Å². The second-order valence-electron chi connectivity index (χ2n) is 4.22. The molecule has 0 heterocycles. The van der Waals surface area contributed by atoms with Gasteiger partial charge in [0.2, 0.25) is 0 Å². The summed E-state index contributed by atoms with van der Waals surface area (Å²) < 4.78 is 5.30. The highest BCUT2D eigenvalue weighted by Crippen LogP contribution is 2.23. The summed E-state index contributed by atoms with van der Waals surface area (Å²) in [6.45, 7) is 1.89. The van der Waals surface area contributed by atoms with Gasteiger partial charge in [-0.05, 0) is 30.0 Å². The maximum absolute atomic E-state index is 10.5. The van der Waals surface area contributed by atoms with E-state index in [1.54, 1.807) is 0 Å². The van der Waals surface area contributed by atoms with Crippen molar-refractivity contribution in [1.82, 2.24) is 0 Å². The normalized spacial score (nSPS) is 12.9. The van der Waals surface area contributed by atoms with E-state index in [-0.39, 0.29) is 0 Å². The Labute approximate surface area is 113 Å². The van der Waals surface area contributed by atoms with Crippen molar-refractivity contribution in [2.45, 2.75) is 18.9 Å². The van der Waals surface area contributed by atoms with Crippen LogP contribution >= 0.6 is 0 Å². The van der Waals surface area contributed by atoms with Crippen molar-refractivity contribution in [1.29, 1.82) is 0 Å². The van der Waals surface area contributed by atoms with Gasteiger partial charge >= 0.3 is 0 Å². The first-order valence-corrected chi connectivity index (χ1v) is 6.26. The van der Waals surface area contributed by atoms with E-state index in [2.05, 4.69) is 12.0 Å². The third kappa shape index (κ3) is 3.37. The molecule has 2 aromatic carbocycles. The van der Waals surface area contributed by atoms with Crippen LogP contribution in [0.4, 0.5) is 0 Å². The summed E-state index contributed by atoms with van der Waals surface area (Å²) in [7, 11) is 0. The summed E-state index contributed by atoms with van der Waals surface area (Å²) in [6, 6.07) is 18.7. The number of para-hydroxylation sites is 1. The zero-order chi connectivity index (χ0) is 13.6. The minimum absolute atomic E-state index is 0.502. The van der Waals surface area contributed by atoms with Crippen LogP contribution in [0.1, 0.15) is 18.9 Å². The van der Waals surface area contributed by atoms with Crippen LogP contribution in [0.3, 0.4) is 0 Å². The van der Waals surface area contributed by atoms with Crippen molar-refractivity contribution < 1.29 is 9.84 Å². The van der Waals surface area contributed by atoms with Crippen LogP contribution in [-0.4, -0.2) is 5.11 Å². The predicted molar refractivity (Wildman–Crippen MR) is 75.5 cm³/mol. The van der Waals surface area contributed by atoms with Crippen LogP contribution in [-0.2, 0) is 5.60 Å². The Balaban J connectivity index is 2.16. The van der Waals surface area contributed by atoms with Gasteiger partial charge in [0.1, 0.15) is 11.9 Å². The quantitative estimate of drug-likeness (QED) is 0.849. The summed E-state index contributed by atoms with van der Waals surface area (Å²) in [5.74, 6) is 3.46. The maximum atomic E-state index is 10.5. The Morgan fingerprint density at radius 1 is 1.00 bits per heavy atom. The number of hydrogen-bond donors (Lipinski definition) is 1. The number of benzene rings is 2. The molecule has 0 radical (unpaired) electrons. The molecule has 96 valence electrons. The first-order chi connectivity index (χ1) is 9.24. The van der Waals surface area contributed by atoms with Crippen LogP contribution < -0.4 is 4.74 Å². The lowest BCUT2D eigenvalue weighted by atomic mass is 9.92. The number of rotatable bonds is 3. The van der Waals surface area contributed by atoms with Crippen LogP contribution in [0.5, 0.6) is 5.75 Å². The zero-order valence-corrected chi connectivity index (χ0v) is 10.8. The molecule has 0 saturated heterocycles. The van der Waals surface area contributed by atoms with Gasteiger partial charge in [0, 0.05) is 0 Å². The van der Waals surface area contributed by atoms with Crippen molar-refractivity contribution in [3.05, 3.63) is 66.2 Å². The molecule has 0 aliphatic rings. The van der Waals surface area contributed by atoms with Crippen molar-refractivity contribution in [3.63, 3.8) is 0 Å². The fourth-order valence-corrected chi connectivity index (χ4v) is 1.74. The largest absolute Gasteiger partial charge is 0.407 e. The standard InChI is InChI=1S/C17H16O2/c1-2-17(18,15-9-5-3-6-10-15)13-14-19-16-11-7-4-8-12-16/h3-12,18H,2H2,1H3. The highest BCUT2D eigenvalue weighted by Gasteiger charge is 2.24. The minimum atomic E-state index is -1.17. The third-order valence-corrected chi connectivity index (χ3v) is 2.93. The Morgan fingerprint density at radius 3 is 2.16 bits per heavy atom. The van der Waals surface area contributed by atoms with Gasteiger partial charge in [-0.1, -0.05) is 55.5 Å². The number of hydrogen-bond acceptors (Lipinski definition) is 2. The Bertz CT molecular complexity index is 566. The molecule has 0 aromatic heterocycles. The van der Waals surface area contributed by atoms with E-state index in [1.165, 1.54) is 0 Å². The SMILES string of the molecule is CCC(O)(C#COc1ccccc1)c1ccccc1. The van der Waals surface area contributed by atoms with E-state index in [0.717, 1.165) is 5.56 Å². The smallest absolute Gasteiger partial charge is 0.154 e. The Morgan fingerprint density at radius 2 is 1.58 bits per heavy atom. The lowest BCUT2D eigenvalue weighted by Crippen LogP contribution is -2.22. The number of aliphatic hydroxyl groups is 1. The van der Waals surface area contributed by atoms with Crippen molar-refractivity contribution in [2.75, 3.05) is 0 Å². The second-order valence-corrected chi connectivity index (χ2v) is 4.22. The zero-order valence-electron chi connectivity index (χ0n) is 10.8. The first-order valence-electron chi connectivity index (χ1n) is 6.26. The molecule has 0 aliphatic carbocycles. The van der Waals surface area contributed by atoms with Crippen LogP contribution in [0.15, 0.2) is 60.7 Å². The molecule has 2 aromatic rings. The van der Waals surface area contributed by atoms with E-state index >= 15 is 0 Å². The summed E-state index contributed by atoms with van der Waals surface area (Å²) in [5.41, 5.74) is -0.391. The van der Waals surface area contributed by atoms with Crippen LogP contribution in [0.2, 0.25) is 0 Å². The summed E-state index contributed by atoms with van der Waals surface area (Å²) in [6.07, 6.45) is 3.09. The fourth-order valence-electron chi connectivity index (χ4n) is 1.74. The molecule has 1 unspecified atom stereocenters. The molecular formula is C17H16O2. The Hall–Kier alpha value is -2.24. The second kappa shape index (κ2) is 6.08. The van der Waals surface area contributed by atoms with Gasteiger partial charge in [0.15, 0.2) is 5.60 Å². The van der Waals surface area contributed by atoms with E-state index < -0.39 is 5.60 Å². The molecule has 2 heteroatoms. The molecule has 0 bridgehead atoms. The van der Waals surface area contributed by atoms with E-state index in [9.17, 15) is 5.11 Å². The molecule has 0 aliphatic heterocycles. The average molecular weight is 252 g/mol. The molecule has 0 saturated carbocycles. The Kier molecular flexibility index (Phi) is 4.22. The van der Waals surface area contributed by atoms with E-state index in [1.807, 2.05) is 67.6 Å². The van der Waals surface area contributed by atoms with Gasteiger partial charge in [-0.2, -0.15) is 0 Å². The lowest BCUT2D eigenvalue weighted by Gasteiger charge is -2.20. The molecule has 19 heavy (non-hydrogen) atoms. The number of ether oxygens (including phenoxy) is 1. The van der Waals surface area contributed by atoms with E-state index in [4.69, 9.17) is 4.74 Å². The van der Waals surface area contributed by atoms with Crippen molar-refractivity contribution in [3.8, 4) is 17.8 Å². The van der Waals surface area contributed by atoms with Crippen LogP contribution in [0, 0.1) is 12.0 Å².